The third kappa shape index (κ3) is 5.55. The van der Waals surface area contributed by atoms with Crippen molar-refractivity contribution in [3.8, 4) is 0 Å². The van der Waals surface area contributed by atoms with Gasteiger partial charge in [0.15, 0.2) is 0 Å². The molecule has 1 unspecified atom stereocenters. The van der Waals surface area contributed by atoms with Crippen molar-refractivity contribution in [3.63, 3.8) is 0 Å². The molecule has 0 aromatic heterocycles. The standard InChI is InChI=1S/C13H20Cl2N2O/c1-10(8-16-6-7-18-2)17-9-11-12(14)4-3-5-13(11)15/h3-5,10,16-17H,6-9H2,1-2H3. The molecule has 0 heterocycles. The molecular weight excluding hydrogens is 271 g/mol. The summed E-state index contributed by atoms with van der Waals surface area (Å²) in [5, 5.41) is 8.09. The summed E-state index contributed by atoms with van der Waals surface area (Å²) in [6, 6.07) is 5.90. The zero-order valence-corrected chi connectivity index (χ0v) is 12.3. The number of ether oxygens (including phenoxy) is 1. The topological polar surface area (TPSA) is 33.3 Å². The molecule has 0 bridgehead atoms. The fraction of sp³-hybridized carbons (Fsp3) is 0.538. The quantitative estimate of drug-likeness (QED) is 0.723. The van der Waals surface area contributed by atoms with Crippen LogP contribution in [0.2, 0.25) is 10.0 Å². The summed E-state index contributed by atoms with van der Waals surface area (Å²) in [5.74, 6) is 0. The van der Waals surface area contributed by atoms with Gasteiger partial charge in [-0.1, -0.05) is 29.3 Å². The molecule has 2 N–H and O–H groups in total. The molecule has 1 aromatic rings. The van der Waals surface area contributed by atoms with Gasteiger partial charge in [0.05, 0.1) is 6.61 Å². The van der Waals surface area contributed by atoms with E-state index in [1.54, 1.807) is 7.11 Å². The molecule has 1 rings (SSSR count). The van der Waals surface area contributed by atoms with Crippen LogP contribution < -0.4 is 10.6 Å². The maximum atomic E-state index is 6.10. The van der Waals surface area contributed by atoms with Crippen LogP contribution in [0, 0.1) is 0 Å². The lowest BCUT2D eigenvalue weighted by Gasteiger charge is -2.16. The monoisotopic (exact) mass is 290 g/mol. The molecule has 0 aliphatic carbocycles. The highest BCUT2D eigenvalue weighted by Gasteiger charge is 2.07. The van der Waals surface area contributed by atoms with Crippen molar-refractivity contribution in [2.45, 2.75) is 19.5 Å². The molecule has 1 atom stereocenters. The van der Waals surface area contributed by atoms with Gasteiger partial charge in [0.2, 0.25) is 0 Å². The van der Waals surface area contributed by atoms with Gasteiger partial charge in [0.25, 0.3) is 0 Å². The highest BCUT2D eigenvalue weighted by Crippen LogP contribution is 2.23. The van der Waals surface area contributed by atoms with E-state index < -0.39 is 0 Å². The minimum Gasteiger partial charge on any atom is -0.383 e. The van der Waals surface area contributed by atoms with Crippen LogP contribution in [-0.2, 0) is 11.3 Å². The third-order valence-electron chi connectivity index (χ3n) is 2.62. The van der Waals surface area contributed by atoms with E-state index in [9.17, 15) is 0 Å². The first-order valence-corrected chi connectivity index (χ1v) is 6.76. The van der Waals surface area contributed by atoms with Crippen molar-refractivity contribution < 1.29 is 4.74 Å². The van der Waals surface area contributed by atoms with Crippen molar-refractivity contribution in [1.82, 2.24) is 10.6 Å². The van der Waals surface area contributed by atoms with Gasteiger partial charge in [0.1, 0.15) is 0 Å². The smallest absolute Gasteiger partial charge is 0.0587 e. The van der Waals surface area contributed by atoms with Crippen molar-refractivity contribution in [1.29, 1.82) is 0 Å². The fourth-order valence-corrected chi connectivity index (χ4v) is 2.07. The second-order valence-corrected chi connectivity index (χ2v) is 4.99. The Morgan fingerprint density at radius 2 is 1.94 bits per heavy atom. The summed E-state index contributed by atoms with van der Waals surface area (Å²) in [6.45, 7) is 5.25. The Kier molecular flexibility index (Phi) is 7.63. The van der Waals surface area contributed by atoms with E-state index in [2.05, 4.69) is 17.6 Å². The summed E-state index contributed by atoms with van der Waals surface area (Å²) in [5.41, 5.74) is 0.949. The average molecular weight is 291 g/mol. The van der Waals surface area contributed by atoms with Gasteiger partial charge in [-0.3, -0.25) is 0 Å². The van der Waals surface area contributed by atoms with Crippen LogP contribution in [0.4, 0.5) is 0 Å². The molecule has 0 radical (unpaired) electrons. The maximum absolute atomic E-state index is 6.10. The summed E-state index contributed by atoms with van der Waals surface area (Å²) < 4.78 is 4.97. The number of hydrogen-bond acceptors (Lipinski definition) is 3. The number of halogens is 2. The molecule has 0 amide bonds. The SMILES string of the molecule is COCCNCC(C)NCc1c(Cl)cccc1Cl. The minimum atomic E-state index is 0.342. The van der Waals surface area contributed by atoms with Gasteiger partial charge in [-0.15, -0.1) is 0 Å². The van der Waals surface area contributed by atoms with E-state index in [-0.39, 0.29) is 0 Å². The van der Waals surface area contributed by atoms with E-state index in [1.807, 2.05) is 18.2 Å². The van der Waals surface area contributed by atoms with Crippen LogP contribution in [0.3, 0.4) is 0 Å². The Labute approximate surface area is 119 Å². The lowest BCUT2D eigenvalue weighted by molar-refractivity contribution is 0.198. The van der Waals surface area contributed by atoms with E-state index in [0.717, 1.165) is 25.3 Å². The first-order valence-electron chi connectivity index (χ1n) is 6.01. The lowest BCUT2D eigenvalue weighted by atomic mass is 10.2. The van der Waals surface area contributed by atoms with Crippen LogP contribution >= 0.6 is 23.2 Å². The third-order valence-corrected chi connectivity index (χ3v) is 3.33. The normalized spacial score (nSPS) is 12.7. The van der Waals surface area contributed by atoms with Gasteiger partial charge in [-0.05, 0) is 19.1 Å². The van der Waals surface area contributed by atoms with Crippen LogP contribution in [0.5, 0.6) is 0 Å². The van der Waals surface area contributed by atoms with Gasteiger partial charge in [0, 0.05) is 48.4 Å². The molecule has 102 valence electrons. The van der Waals surface area contributed by atoms with Crippen LogP contribution in [-0.4, -0.2) is 32.8 Å². The fourth-order valence-electron chi connectivity index (χ4n) is 1.54. The molecule has 0 saturated carbocycles. The highest BCUT2D eigenvalue weighted by molar-refractivity contribution is 6.35. The zero-order valence-electron chi connectivity index (χ0n) is 10.8. The minimum absolute atomic E-state index is 0.342. The predicted molar refractivity (Wildman–Crippen MR) is 77.5 cm³/mol. The lowest BCUT2D eigenvalue weighted by Crippen LogP contribution is -2.37. The number of benzene rings is 1. The Balaban J connectivity index is 2.31. The van der Waals surface area contributed by atoms with E-state index in [4.69, 9.17) is 27.9 Å². The number of nitrogens with one attached hydrogen (secondary N) is 2. The summed E-state index contributed by atoms with van der Waals surface area (Å²) >= 11 is 12.2. The summed E-state index contributed by atoms with van der Waals surface area (Å²) in [7, 11) is 1.70. The van der Waals surface area contributed by atoms with Crippen molar-refractivity contribution in [2.75, 3.05) is 26.8 Å². The first-order chi connectivity index (χ1) is 8.65. The van der Waals surface area contributed by atoms with Gasteiger partial charge in [-0.2, -0.15) is 0 Å². The van der Waals surface area contributed by atoms with Gasteiger partial charge >= 0.3 is 0 Å². The second kappa shape index (κ2) is 8.73. The van der Waals surface area contributed by atoms with Crippen LogP contribution in [0.1, 0.15) is 12.5 Å². The molecule has 0 aliphatic rings. The summed E-state index contributed by atoms with van der Waals surface area (Å²) in [4.78, 5) is 0. The Bertz CT molecular complexity index is 341. The van der Waals surface area contributed by atoms with Crippen molar-refractivity contribution in [2.24, 2.45) is 0 Å². The molecule has 18 heavy (non-hydrogen) atoms. The van der Waals surface area contributed by atoms with Gasteiger partial charge in [-0.25, -0.2) is 0 Å². The first kappa shape index (κ1) is 15.7. The number of rotatable bonds is 8. The molecule has 5 heteroatoms. The molecule has 0 spiro atoms. The highest BCUT2D eigenvalue weighted by atomic mass is 35.5. The van der Waals surface area contributed by atoms with Crippen molar-refractivity contribution in [3.05, 3.63) is 33.8 Å². The molecule has 1 aromatic carbocycles. The van der Waals surface area contributed by atoms with Gasteiger partial charge < -0.3 is 15.4 Å². The van der Waals surface area contributed by atoms with E-state index in [0.29, 0.717) is 22.6 Å². The zero-order chi connectivity index (χ0) is 13.4. The summed E-state index contributed by atoms with van der Waals surface area (Å²) in [6.07, 6.45) is 0. The predicted octanol–water partition coefficient (Wildman–Crippen LogP) is 2.71. The molecular formula is C13H20Cl2N2O. The second-order valence-electron chi connectivity index (χ2n) is 4.18. The van der Waals surface area contributed by atoms with E-state index >= 15 is 0 Å². The largest absolute Gasteiger partial charge is 0.383 e. The van der Waals surface area contributed by atoms with Crippen LogP contribution in [0.15, 0.2) is 18.2 Å². The Morgan fingerprint density at radius 1 is 1.28 bits per heavy atom. The van der Waals surface area contributed by atoms with Crippen molar-refractivity contribution >= 4 is 23.2 Å². The number of methoxy groups -OCH3 is 1. The molecule has 3 nitrogen and oxygen atoms in total. The maximum Gasteiger partial charge on any atom is 0.0587 e. The van der Waals surface area contributed by atoms with E-state index in [1.165, 1.54) is 0 Å². The Hall–Kier alpha value is -0.320. The Morgan fingerprint density at radius 3 is 2.56 bits per heavy atom. The van der Waals surface area contributed by atoms with Crippen LogP contribution in [0.25, 0.3) is 0 Å². The molecule has 0 saturated heterocycles. The average Bonchev–Trinajstić information content (AvgIpc) is 2.34. The molecule has 0 aliphatic heterocycles. The number of hydrogen-bond donors (Lipinski definition) is 2. The molecule has 0 fully saturated rings.